The highest BCUT2D eigenvalue weighted by Gasteiger charge is 2.09. The molecule has 0 fully saturated rings. The summed E-state index contributed by atoms with van der Waals surface area (Å²) in [5.41, 5.74) is 1.33. The predicted molar refractivity (Wildman–Crippen MR) is 68.7 cm³/mol. The molecule has 0 atom stereocenters. The first-order chi connectivity index (χ1) is 7.84. The summed E-state index contributed by atoms with van der Waals surface area (Å²) in [6.07, 6.45) is 5.80. The number of allylic oxidation sites excluding steroid dienone is 2. The van der Waals surface area contributed by atoms with Crippen LogP contribution in [0.4, 0.5) is 0 Å². The second kappa shape index (κ2) is 5.90. The fraction of sp³-hybridized carbons (Fsp3) is 0.357. The molecule has 1 aliphatic rings. The van der Waals surface area contributed by atoms with Crippen molar-refractivity contribution in [3.05, 3.63) is 42.0 Å². The fourth-order valence-corrected chi connectivity index (χ4v) is 2.83. The molecule has 1 aromatic rings. The molecule has 1 aromatic carbocycles. The van der Waals surface area contributed by atoms with Crippen LogP contribution in [0.25, 0.3) is 0 Å². The maximum Gasteiger partial charge on any atom is 0.155 e. The molecule has 0 aromatic heterocycles. The van der Waals surface area contributed by atoms with Crippen LogP contribution in [0.5, 0.6) is 0 Å². The summed E-state index contributed by atoms with van der Waals surface area (Å²) in [6, 6.07) is 10.4. The average molecular weight is 232 g/mol. The van der Waals surface area contributed by atoms with Crippen molar-refractivity contribution in [1.29, 1.82) is 0 Å². The second-order valence-corrected chi connectivity index (χ2v) is 5.20. The zero-order chi connectivity index (χ0) is 11.2. The van der Waals surface area contributed by atoms with E-state index in [-0.39, 0.29) is 0 Å². The highest BCUT2D eigenvalue weighted by molar-refractivity contribution is 7.99. The SMILES string of the molecule is O=C1C=C(CCSc2ccccc2)CCC1. The standard InChI is InChI=1S/C14H16OS/c15-13-6-4-5-12(11-13)9-10-16-14-7-2-1-3-8-14/h1-3,7-8,11H,4-6,9-10H2. The van der Waals surface area contributed by atoms with Gasteiger partial charge in [-0.25, -0.2) is 0 Å². The van der Waals surface area contributed by atoms with Gasteiger partial charge in [-0.1, -0.05) is 23.8 Å². The zero-order valence-corrected chi connectivity index (χ0v) is 10.1. The Morgan fingerprint density at radius 3 is 2.69 bits per heavy atom. The average Bonchev–Trinajstić information content (AvgIpc) is 2.30. The Balaban J connectivity index is 1.78. The molecule has 0 aliphatic heterocycles. The van der Waals surface area contributed by atoms with Crippen LogP contribution in [0.15, 0.2) is 46.9 Å². The minimum atomic E-state index is 0.311. The summed E-state index contributed by atoms with van der Waals surface area (Å²) in [7, 11) is 0. The van der Waals surface area contributed by atoms with Crippen molar-refractivity contribution in [2.75, 3.05) is 5.75 Å². The number of thioether (sulfide) groups is 1. The van der Waals surface area contributed by atoms with Gasteiger partial charge < -0.3 is 0 Å². The van der Waals surface area contributed by atoms with Crippen LogP contribution in [-0.4, -0.2) is 11.5 Å². The summed E-state index contributed by atoms with van der Waals surface area (Å²) >= 11 is 1.86. The lowest BCUT2D eigenvalue weighted by molar-refractivity contribution is -0.115. The number of benzene rings is 1. The third-order valence-electron chi connectivity index (χ3n) is 2.72. The van der Waals surface area contributed by atoms with Gasteiger partial charge >= 0.3 is 0 Å². The number of rotatable bonds is 4. The van der Waals surface area contributed by atoms with E-state index in [0.717, 1.165) is 31.4 Å². The van der Waals surface area contributed by atoms with Gasteiger partial charge in [0.15, 0.2) is 5.78 Å². The van der Waals surface area contributed by atoms with Gasteiger partial charge in [0.1, 0.15) is 0 Å². The van der Waals surface area contributed by atoms with E-state index in [1.807, 2.05) is 23.9 Å². The Hall–Kier alpha value is -1.02. The van der Waals surface area contributed by atoms with Gasteiger partial charge in [-0.05, 0) is 37.5 Å². The number of hydrogen-bond donors (Lipinski definition) is 0. The third-order valence-corrected chi connectivity index (χ3v) is 3.74. The third kappa shape index (κ3) is 3.53. The van der Waals surface area contributed by atoms with Crippen molar-refractivity contribution in [2.24, 2.45) is 0 Å². The van der Waals surface area contributed by atoms with Crippen molar-refractivity contribution in [3.8, 4) is 0 Å². The molecule has 0 unspecified atom stereocenters. The Bertz CT molecular complexity index is 381. The molecule has 0 bridgehead atoms. The first-order valence-electron chi connectivity index (χ1n) is 5.75. The van der Waals surface area contributed by atoms with Gasteiger partial charge in [-0.2, -0.15) is 0 Å². The van der Waals surface area contributed by atoms with Gasteiger partial charge in [-0.3, -0.25) is 4.79 Å². The normalized spacial score (nSPS) is 16.0. The molecule has 1 nitrogen and oxygen atoms in total. The molecule has 0 spiro atoms. The zero-order valence-electron chi connectivity index (χ0n) is 9.32. The smallest absolute Gasteiger partial charge is 0.155 e. The largest absolute Gasteiger partial charge is 0.295 e. The molecule has 1 aliphatic carbocycles. The maximum atomic E-state index is 11.2. The van der Waals surface area contributed by atoms with Gasteiger partial charge in [0, 0.05) is 17.1 Å². The quantitative estimate of drug-likeness (QED) is 0.733. The lowest BCUT2D eigenvalue weighted by Gasteiger charge is -2.11. The minimum absolute atomic E-state index is 0.311. The molecular weight excluding hydrogens is 216 g/mol. The predicted octanol–water partition coefficient (Wildman–Crippen LogP) is 3.85. The summed E-state index contributed by atoms with van der Waals surface area (Å²) in [6.45, 7) is 0. The van der Waals surface area contributed by atoms with E-state index >= 15 is 0 Å². The van der Waals surface area contributed by atoms with Gasteiger partial charge in [0.05, 0.1) is 0 Å². The Morgan fingerprint density at radius 2 is 1.94 bits per heavy atom. The van der Waals surface area contributed by atoms with Crippen molar-refractivity contribution in [2.45, 2.75) is 30.6 Å². The molecule has 0 heterocycles. The van der Waals surface area contributed by atoms with E-state index in [2.05, 4.69) is 24.3 Å². The molecule has 0 amide bonds. The van der Waals surface area contributed by atoms with Gasteiger partial charge in [0.2, 0.25) is 0 Å². The summed E-state index contributed by atoms with van der Waals surface area (Å²) < 4.78 is 0. The Labute approximate surface area is 101 Å². The van der Waals surface area contributed by atoms with Crippen LogP contribution in [0.3, 0.4) is 0 Å². The van der Waals surface area contributed by atoms with E-state index < -0.39 is 0 Å². The van der Waals surface area contributed by atoms with Crippen molar-refractivity contribution in [3.63, 3.8) is 0 Å². The molecular formula is C14H16OS. The van der Waals surface area contributed by atoms with E-state index in [1.165, 1.54) is 10.5 Å². The lowest BCUT2D eigenvalue weighted by atomic mass is 9.97. The minimum Gasteiger partial charge on any atom is -0.295 e. The first-order valence-corrected chi connectivity index (χ1v) is 6.73. The van der Waals surface area contributed by atoms with E-state index in [0.29, 0.717) is 5.78 Å². The van der Waals surface area contributed by atoms with Gasteiger partial charge in [-0.15, -0.1) is 11.8 Å². The van der Waals surface area contributed by atoms with Crippen LogP contribution < -0.4 is 0 Å². The Kier molecular flexibility index (Phi) is 4.23. The molecule has 84 valence electrons. The van der Waals surface area contributed by atoms with E-state index in [9.17, 15) is 4.79 Å². The number of carbonyl (C=O) groups is 1. The summed E-state index contributed by atoms with van der Waals surface area (Å²) in [5.74, 6) is 1.38. The highest BCUT2D eigenvalue weighted by Crippen LogP contribution is 2.23. The second-order valence-electron chi connectivity index (χ2n) is 4.03. The fourth-order valence-electron chi connectivity index (χ4n) is 1.88. The van der Waals surface area contributed by atoms with Crippen LogP contribution in [0, 0.1) is 0 Å². The number of ketones is 1. The topological polar surface area (TPSA) is 17.1 Å². The van der Waals surface area contributed by atoms with Crippen LogP contribution in [0.2, 0.25) is 0 Å². The molecule has 0 saturated heterocycles. The highest BCUT2D eigenvalue weighted by atomic mass is 32.2. The van der Waals surface area contributed by atoms with Crippen LogP contribution in [0.1, 0.15) is 25.7 Å². The number of carbonyl (C=O) groups excluding carboxylic acids is 1. The van der Waals surface area contributed by atoms with Crippen molar-refractivity contribution < 1.29 is 4.79 Å². The van der Waals surface area contributed by atoms with Crippen LogP contribution in [-0.2, 0) is 4.79 Å². The van der Waals surface area contributed by atoms with Crippen molar-refractivity contribution in [1.82, 2.24) is 0 Å². The molecule has 0 saturated carbocycles. The first kappa shape index (κ1) is 11.5. The number of hydrogen-bond acceptors (Lipinski definition) is 2. The lowest BCUT2D eigenvalue weighted by Crippen LogP contribution is -2.03. The Morgan fingerprint density at radius 1 is 1.12 bits per heavy atom. The molecule has 2 rings (SSSR count). The molecule has 0 N–H and O–H groups in total. The van der Waals surface area contributed by atoms with Gasteiger partial charge in [0.25, 0.3) is 0 Å². The molecule has 2 heteroatoms. The van der Waals surface area contributed by atoms with Crippen LogP contribution >= 0.6 is 11.8 Å². The summed E-state index contributed by atoms with van der Waals surface area (Å²) in [5, 5.41) is 0. The summed E-state index contributed by atoms with van der Waals surface area (Å²) in [4.78, 5) is 12.5. The van der Waals surface area contributed by atoms with E-state index in [4.69, 9.17) is 0 Å². The molecule has 16 heavy (non-hydrogen) atoms. The van der Waals surface area contributed by atoms with E-state index in [1.54, 1.807) is 0 Å². The molecule has 0 radical (unpaired) electrons. The monoisotopic (exact) mass is 232 g/mol. The maximum absolute atomic E-state index is 11.2. The van der Waals surface area contributed by atoms with Crippen molar-refractivity contribution >= 4 is 17.5 Å².